The fraction of sp³-hybridized carbons (Fsp3) is 0.100. The van der Waals surface area contributed by atoms with Gasteiger partial charge in [0, 0.05) is 23.5 Å². The van der Waals surface area contributed by atoms with E-state index in [0.29, 0.717) is 28.5 Å². The first-order valence-corrected chi connectivity index (χ1v) is 8.88. The molecule has 0 fully saturated rings. The number of hydrogen-bond donors (Lipinski definition) is 0. The van der Waals surface area contributed by atoms with E-state index in [1.165, 1.54) is 16.7 Å². The third kappa shape index (κ3) is 3.79. The normalized spacial score (nSPS) is 10.9. The molecule has 0 aliphatic carbocycles. The van der Waals surface area contributed by atoms with E-state index in [0.717, 1.165) is 5.56 Å². The molecule has 0 unspecified atom stereocenters. The lowest BCUT2D eigenvalue weighted by molar-refractivity contribution is 0.0467. The highest BCUT2D eigenvalue weighted by Crippen LogP contribution is 2.16. The standard InChI is InChI=1S/C20H15ClN4O3/c21-17-6-2-1-5-14(17)11-24-12-15(10-22-24)20(27)28-13-16-9-19(26)25-8-4-3-7-18(25)23-16/h1-10,12H,11,13H2. The van der Waals surface area contributed by atoms with E-state index in [1.807, 2.05) is 18.2 Å². The van der Waals surface area contributed by atoms with Gasteiger partial charge in [-0.05, 0) is 23.8 Å². The van der Waals surface area contributed by atoms with Gasteiger partial charge in [-0.15, -0.1) is 0 Å². The van der Waals surface area contributed by atoms with Crippen LogP contribution < -0.4 is 5.56 Å². The van der Waals surface area contributed by atoms with Crippen molar-refractivity contribution in [3.8, 4) is 0 Å². The zero-order valence-electron chi connectivity index (χ0n) is 14.7. The molecule has 7 nitrogen and oxygen atoms in total. The number of rotatable bonds is 5. The van der Waals surface area contributed by atoms with Crippen molar-refractivity contribution in [2.24, 2.45) is 0 Å². The lowest BCUT2D eigenvalue weighted by atomic mass is 10.2. The summed E-state index contributed by atoms with van der Waals surface area (Å²) < 4.78 is 8.31. The molecule has 8 heteroatoms. The number of benzene rings is 1. The number of fused-ring (bicyclic) bond motifs is 1. The van der Waals surface area contributed by atoms with Gasteiger partial charge in [0.2, 0.25) is 0 Å². The molecule has 1 aromatic carbocycles. The predicted molar refractivity (Wildman–Crippen MR) is 103 cm³/mol. The van der Waals surface area contributed by atoms with Gasteiger partial charge in [-0.3, -0.25) is 13.9 Å². The molecule has 0 aliphatic heterocycles. The molecule has 0 saturated carbocycles. The van der Waals surface area contributed by atoms with Crippen LogP contribution in [0.3, 0.4) is 0 Å². The van der Waals surface area contributed by atoms with Crippen LogP contribution in [0.15, 0.2) is 71.9 Å². The molecule has 0 amide bonds. The minimum Gasteiger partial charge on any atom is -0.455 e. The average Bonchev–Trinajstić information content (AvgIpc) is 3.17. The molecule has 3 aromatic heterocycles. The van der Waals surface area contributed by atoms with Crippen LogP contribution in [0.5, 0.6) is 0 Å². The summed E-state index contributed by atoms with van der Waals surface area (Å²) in [5, 5.41) is 4.81. The Labute approximate surface area is 164 Å². The Morgan fingerprint density at radius 2 is 1.96 bits per heavy atom. The zero-order valence-corrected chi connectivity index (χ0v) is 15.4. The molecule has 0 spiro atoms. The maximum Gasteiger partial charge on any atom is 0.341 e. The van der Waals surface area contributed by atoms with Gasteiger partial charge < -0.3 is 4.74 Å². The second-order valence-electron chi connectivity index (χ2n) is 6.11. The first kappa shape index (κ1) is 17.9. The van der Waals surface area contributed by atoms with Crippen molar-refractivity contribution in [1.29, 1.82) is 0 Å². The number of esters is 1. The minimum atomic E-state index is -0.541. The number of carbonyl (C=O) groups excluding carboxylic acids is 1. The van der Waals surface area contributed by atoms with E-state index >= 15 is 0 Å². The van der Waals surface area contributed by atoms with Crippen LogP contribution in [0.25, 0.3) is 5.65 Å². The van der Waals surface area contributed by atoms with Gasteiger partial charge in [-0.2, -0.15) is 5.10 Å². The molecule has 4 aromatic rings. The second-order valence-corrected chi connectivity index (χ2v) is 6.52. The van der Waals surface area contributed by atoms with Crippen LogP contribution in [-0.2, 0) is 17.9 Å². The topological polar surface area (TPSA) is 78.5 Å². The van der Waals surface area contributed by atoms with Gasteiger partial charge in [-0.1, -0.05) is 35.9 Å². The van der Waals surface area contributed by atoms with Crippen molar-refractivity contribution in [1.82, 2.24) is 19.2 Å². The average molecular weight is 395 g/mol. The molecule has 3 heterocycles. The lowest BCUT2D eigenvalue weighted by Gasteiger charge is -2.05. The predicted octanol–water partition coefficient (Wildman–Crippen LogP) is 2.95. The fourth-order valence-electron chi connectivity index (χ4n) is 2.76. The van der Waals surface area contributed by atoms with E-state index in [2.05, 4.69) is 10.1 Å². The van der Waals surface area contributed by atoms with E-state index in [1.54, 1.807) is 41.3 Å². The molecule has 28 heavy (non-hydrogen) atoms. The van der Waals surface area contributed by atoms with Gasteiger partial charge in [0.15, 0.2) is 0 Å². The molecule has 0 radical (unpaired) electrons. The van der Waals surface area contributed by atoms with Crippen LogP contribution in [-0.4, -0.2) is 25.1 Å². The van der Waals surface area contributed by atoms with Crippen molar-refractivity contribution in [3.05, 3.63) is 99.3 Å². The van der Waals surface area contributed by atoms with E-state index in [9.17, 15) is 9.59 Å². The maximum absolute atomic E-state index is 12.3. The highest BCUT2D eigenvalue weighted by molar-refractivity contribution is 6.31. The zero-order chi connectivity index (χ0) is 19.5. The van der Waals surface area contributed by atoms with Crippen molar-refractivity contribution in [2.45, 2.75) is 13.2 Å². The molecular formula is C20H15ClN4O3. The van der Waals surface area contributed by atoms with Gasteiger partial charge in [0.1, 0.15) is 12.3 Å². The quantitative estimate of drug-likeness (QED) is 0.486. The van der Waals surface area contributed by atoms with Crippen molar-refractivity contribution < 1.29 is 9.53 Å². The Morgan fingerprint density at radius 1 is 1.14 bits per heavy atom. The molecule has 4 rings (SSSR count). The first-order valence-electron chi connectivity index (χ1n) is 8.50. The summed E-state index contributed by atoms with van der Waals surface area (Å²) >= 11 is 6.15. The number of ether oxygens (including phenoxy) is 1. The first-order chi connectivity index (χ1) is 13.6. The number of nitrogens with zero attached hydrogens (tertiary/aromatic N) is 4. The number of aromatic nitrogens is 4. The maximum atomic E-state index is 12.3. The number of halogens is 1. The third-order valence-electron chi connectivity index (χ3n) is 4.13. The molecule has 0 aliphatic rings. The molecular weight excluding hydrogens is 380 g/mol. The molecule has 140 valence electrons. The summed E-state index contributed by atoms with van der Waals surface area (Å²) in [6.07, 6.45) is 4.66. The Hall–Kier alpha value is -3.45. The summed E-state index contributed by atoms with van der Waals surface area (Å²) in [6.45, 7) is 0.338. The minimum absolute atomic E-state index is 0.102. The van der Waals surface area contributed by atoms with Crippen LogP contribution in [0.4, 0.5) is 0 Å². The second kappa shape index (κ2) is 7.66. The molecule has 0 saturated heterocycles. The smallest absolute Gasteiger partial charge is 0.341 e. The van der Waals surface area contributed by atoms with E-state index in [-0.39, 0.29) is 12.2 Å². The Balaban J connectivity index is 1.44. The van der Waals surface area contributed by atoms with E-state index < -0.39 is 5.97 Å². The van der Waals surface area contributed by atoms with Gasteiger partial charge >= 0.3 is 5.97 Å². The Bertz CT molecular complexity index is 1220. The fourth-order valence-corrected chi connectivity index (χ4v) is 2.95. The summed E-state index contributed by atoms with van der Waals surface area (Å²) in [7, 11) is 0. The summed E-state index contributed by atoms with van der Waals surface area (Å²) in [5.74, 6) is -0.541. The van der Waals surface area contributed by atoms with Crippen LogP contribution >= 0.6 is 11.6 Å². The molecule has 0 atom stereocenters. The summed E-state index contributed by atoms with van der Waals surface area (Å²) in [6, 6.07) is 14.0. The van der Waals surface area contributed by atoms with E-state index in [4.69, 9.17) is 16.3 Å². The lowest BCUT2D eigenvalue weighted by Crippen LogP contribution is -2.16. The Morgan fingerprint density at radius 3 is 2.82 bits per heavy atom. The monoisotopic (exact) mass is 394 g/mol. The van der Waals surface area contributed by atoms with Gasteiger partial charge in [0.25, 0.3) is 5.56 Å². The summed E-state index contributed by atoms with van der Waals surface area (Å²) in [5.41, 5.74) is 1.85. The number of carbonyl (C=O) groups is 1. The van der Waals surface area contributed by atoms with Crippen LogP contribution in [0.1, 0.15) is 21.6 Å². The Kier molecular flexibility index (Phi) is 4.90. The van der Waals surface area contributed by atoms with Crippen LogP contribution in [0, 0.1) is 0 Å². The van der Waals surface area contributed by atoms with Gasteiger partial charge in [-0.25, -0.2) is 9.78 Å². The largest absolute Gasteiger partial charge is 0.455 e. The SMILES string of the molecule is O=C(OCc1cc(=O)n2ccccc2n1)c1cnn(Cc2ccccc2Cl)c1. The molecule has 0 N–H and O–H groups in total. The van der Waals surface area contributed by atoms with Crippen molar-refractivity contribution in [3.63, 3.8) is 0 Å². The third-order valence-corrected chi connectivity index (χ3v) is 4.50. The number of pyridine rings is 1. The number of hydrogen-bond acceptors (Lipinski definition) is 5. The summed E-state index contributed by atoms with van der Waals surface area (Å²) in [4.78, 5) is 28.7. The van der Waals surface area contributed by atoms with Gasteiger partial charge in [0.05, 0.1) is 24.0 Å². The van der Waals surface area contributed by atoms with Crippen LogP contribution in [0.2, 0.25) is 5.02 Å². The highest BCUT2D eigenvalue weighted by atomic mass is 35.5. The highest BCUT2D eigenvalue weighted by Gasteiger charge is 2.12. The van der Waals surface area contributed by atoms with Crippen molar-refractivity contribution in [2.75, 3.05) is 0 Å². The molecule has 0 bridgehead atoms. The van der Waals surface area contributed by atoms with Crippen molar-refractivity contribution >= 4 is 23.2 Å².